The Morgan fingerprint density at radius 1 is 1.08 bits per heavy atom. The second-order valence-electron chi connectivity index (χ2n) is 5.23. The lowest BCUT2D eigenvalue weighted by Gasteiger charge is -2.11. The first kappa shape index (κ1) is 16.4. The summed E-state index contributed by atoms with van der Waals surface area (Å²) in [5.41, 5.74) is 2.00. The van der Waals surface area contributed by atoms with Crippen LogP contribution in [0.1, 0.15) is 11.3 Å². The highest BCUT2D eigenvalue weighted by atomic mass is 35.5. The molecule has 3 nitrogen and oxygen atoms in total. The number of aromatic nitrogens is 1. The van der Waals surface area contributed by atoms with Gasteiger partial charge in [0.1, 0.15) is 11.6 Å². The number of aromatic amines is 1. The predicted molar refractivity (Wildman–Crippen MR) is 97.5 cm³/mol. The van der Waals surface area contributed by atoms with Crippen molar-refractivity contribution in [1.82, 2.24) is 4.98 Å². The summed E-state index contributed by atoms with van der Waals surface area (Å²) >= 11 is 7.50. The lowest BCUT2D eigenvalue weighted by atomic mass is 10.0. The van der Waals surface area contributed by atoms with Gasteiger partial charge in [0, 0.05) is 26.1 Å². The molecule has 3 aromatic rings. The maximum Gasteiger partial charge on any atom is 0.266 e. The fourth-order valence-electron chi connectivity index (χ4n) is 2.42. The van der Waals surface area contributed by atoms with Gasteiger partial charge in [-0.1, -0.05) is 41.6 Å². The van der Waals surface area contributed by atoms with E-state index in [9.17, 15) is 10.1 Å². The summed E-state index contributed by atoms with van der Waals surface area (Å²) in [5, 5.41) is 10.1. The van der Waals surface area contributed by atoms with Crippen molar-refractivity contribution in [3.8, 4) is 17.2 Å². The minimum absolute atomic E-state index is 0.129. The van der Waals surface area contributed by atoms with Crippen LogP contribution in [0.15, 0.2) is 69.2 Å². The van der Waals surface area contributed by atoms with E-state index in [2.05, 4.69) is 4.98 Å². The van der Waals surface area contributed by atoms with Gasteiger partial charge in [-0.25, -0.2) is 0 Å². The third kappa shape index (κ3) is 3.38. The standard InChI is InChI=1S/C19H13ClN2OS/c1-12-10-16(17(11-21)19(23)22-12)15-4-2-3-5-18(15)24-14-8-6-13(20)7-9-14/h2-10H,1H3,(H,22,23). The van der Waals surface area contributed by atoms with Crippen molar-refractivity contribution in [2.75, 3.05) is 0 Å². The van der Waals surface area contributed by atoms with Crippen LogP contribution in [0.4, 0.5) is 0 Å². The van der Waals surface area contributed by atoms with E-state index in [0.717, 1.165) is 21.0 Å². The minimum atomic E-state index is -0.362. The Bertz CT molecular complexity index is 987. The molecule has 0 fully saturated rings. The molecule has 1 N–H and O–H groups in total. The second kappa shape index (κ2) is 6.96. The van der Waals surface area contributed by atoms with Crippen LogP contribution in [0.25, 0.3) is 11.1 Å². The lowest BCUT2D eigenvalue weighted by Crippen LogP contribution is -2.12. The molecule has 1 heterocycles. The highest BCUT2D eigenvalue weighted by Crippen LogP contribution is 2.37. The first-order valence-electron chi connectivity index (χ1n) is 7.25. The van der Waals surface area contributed by atoms with Crippen LogP contribution in [0.5, 0.6) is 0 Å². The van der Waals surface area contributed by atoms with Crippen molar-refractivity contribution in [2.24, 2.45) is 0 Å². The minimum Gasteiger partial charge on any atom is -0.325 e. The first-order chi connectivity index (χ1) is 11.6. The molecule has 118 valence electrons. The van der Waals surface area contributed by atoms with Gasteiger partial charge in [-0.2, -0.15) is 5.26 Å². The van der Waals surface area contributed by atoms with Crippen LogP contribution in [-0.2, 0) is 0 Å². The number of halogens is 1. The largest absolute Gasteiger partial charge is 0.325 e. The van der Waals surface area contributed by atoms with E-state index in [1.54, 1.807) is 18.7 Å². The van der Waals surface area contributed by atoms with Crippen molar-refractivity contribution in [3.05, 3.63) is 81.2 Å². The number of benzene rings is 2. The number of hydrogen-bond acceptors (Lipinski definition) is 3. The van der Waals surface area contributed by atoms with Crippen LogP contribution >= 0.6 is 23.4 Å². The molecule has 2 aromatic carbocycles. The summed E-state index contributed by atoms with van der Waals surface area (Å²) in [4.78, 5) is 16.8. The maximum atomic E-state index is 12.1. The topological polar surface area (TPSA) is 56.6 Å². The van der Waals surface area contributed by atoms with Gasteiger partial charge in [0.25, 0.3) is 5.56 Å². The third-order valence-electron chi connectivity index (χ3n) is 3.50. The van der Waals surface area contributed by atoms with Crippen molar-refractivity contribution in [2.45, 2.75) is 16.7 Å². The molecule has 3 rings (SSSR count). The van der Waals surface area contributed by atoms with Crippen molar-refractivity contribution < 1.29 is 0 Å². The number of nitriles is 1. The first-order valence-corrected chi connectivity index (χ1v) is 8.45. The Kier molecular flexibility index (Phi) is 4.75. The highest BCUT2D eigenvalue weighted by Gasteiger charge is 2.14. The Morgan fingerprint density at radius 2 is 1.79 bits per heavy atom. The number of aryl methyl sites for hydroxylation is 1. The van der Waals surface area contributed by atoms with E-state index in [1.807, 2.05) is 60.7 Å². The number of hydrogen-bond donors (Lipinski definition) is 1. The molecule has 24 heavy (non-hydrogen) atoms. The molecule has 0 unspecified atom stereocenters. The molecule has 0 aliphatic carbocycles. The lowest BCUT2D eigenvalue weighted by molar-refractivity contribution is 1.13. The number of rotatable bonds is 3. The quantitative estimate of drug-likeness (QED) is 0.719. The molecule has 0 saturated carbocycles. The summed E-state index contributed by atoms with van der Waals surface area (Å²) in [6, 6.07) is 19.2. The van der Waals surface area contributed by atoms with E-state index in [-0.39, 0.29) is 11.1 Å². The van der Waals surface area contributed by atoms with E-state index in [0.29, 0.717) is 10.6 Å². The molecule has 0 aliphatic rings. The molecular weight excluding hydrogens is 340 g/mol. The number of H-pyrrole nitrogens is 1. The van der Waals surface area contributed by atoms with Gasteiger partial charge in [0.2, 0.25) is 0 Å². The summed E-state index contributed by atoms with van der Waals surface area (Å²) < 4.78 is 0. The molecule has 5 heteroatoms. The van der Waals surface area contributed by atoms with Crippen LogP contribution < -0.4 is 5.56 Å². The number of nitrogens with zero attached hydrogens (tertiary/aromatic N) is 1. The number of pyridine rings is 1. The molecular formula is C19H13ClN2OS. The summed E-state index contributed by atoms with van der Waals surface area (Å²) in [7, 11) is 0. The Morgan fingerprint density at radius 3 is 2.50 bits per heavy atom. The average Bonchev–Trinajstić information content (AvgIpc) is 2.57. The van der Waals surface area contributed by atoms with Gasteiger partial charge in [0.15, 0.2) is 0 Å². The zero-order valence-electron chi connectivity index (χ0n) is 12.8. The Balaban J connectivity index is 2.12. The monoisotopic (exact) mass is 352 g/mol. The highest BCUT2D eigenvalue weighted by molar-refractivity contribution is 7.99. The van der Waals surface area contributed by atoms with Gasteiger partial charge in [-0.3, -0.25) is 4.79 Å². The molecule has 0 spiro atoms. The normalized spacial score (nSPS) is 10.4. The Labute approximate surface area is 148 Å². The SMILES string of the molecule is Cc1cc(-c2ccccc2Sc2ccc(Cl)cc2)c(C#N)c(=O)[nH]1. The van der Waals surface area contributed by atoms with Gasteiger partial charge in [-0.15, -0.1) is 0 Å². The Hall–Kier alpha value is -2.48. The maximum absolute atomic E-state index is 12.1. The van der Waals surface area contributed by atoms with Crippen LogP contribution in [0, 0.1) is 18.3 Å². The van der Waals surface area contributed by atoms with Gasteiger partial charge < -0.3 is 4.98 Å². The summed E-state index contributed by atoms with van der Waals surface area (Å²) in [6.45, 7) is 1.81. The second-order valence-corrected chi connectivity index (χ2v) is 6.79. The molecule has 1 aromatic heterocycles. The van der Waals surface area contributed by atoms with E-state index < -0.39 is 0 Å². The molecule has 0 atom stereocenters. The molecule has 0 bridgehead atoms. The fourth-order valence-corrected chi connectivity index (χ4v) is 3.51. The predicted octanol–water partition coefficient (Wildman–Crippen LogP) is 5.03. The van der Waals surface area contributed by atoms with Crippen molar-refractivity contribution >= 4 is 23.4 Å². The van der Waals surface area contributed by atoms with Gasteiger partial charge >= 0.3 is 0 Å². The molecule has 0 aliphatic heterocycles. The van der Waals surface area contributed by atoms with Crippen molar-refractivity contribution in [1.29, 1.82) is 5.26 Å². The summed E-state index contributed by atoms with van der Waals surface area (Å²) in [6.07, 6.45) is 0. The molecule has 0 radical (unpaired) electrons. The smallest absolute Gasteiger partial charge is 0.266 e. The van der Waals surface area contributed by atoms with Gasteiger partial charge in [-0.05, 0) is 48.9 Å². The third-order valence-corrected chi connectivity index (χ3v) is 4.83. The average molecular weight is 353 g/mol. The van der Waals surface area contributed by atoms with Crippen LogP contribution in [0.3, 0.4) is 0 Å². The fraction of sp³-hybridized carbons (Fsp3) is 0.0526. The van der Waals surface area contributed by atoms with E-state index in [4.69, 9.17) is 11.6 Å². The van der Waals surface area contributed by atoms with Crippen LogP contribution in [0.2, 0.25) is 5.02 Å². The summed E-state index contributed by atoms with van der Waals surface area (Å²) in [5.74, 6) is 0. The molecule has 0 amide bonds. The van der Waals surface area contributed by atoms with Crippen molar-refractivity contribution in [3.63, 3.8) is 0 Å². The zero-order valence-corrected chi connectivity index (χ0v) is 14.4. The number of nitrogens with one attached hydrogen (secondary N) is 1. The van der Waals surface area contributed by atoms with E-state index >= 15 is 0 Å². The van der Waals surface area contributed by atoms with Gasteiger partial charge in [0.05, 0.1) is 0 Å². The van der Waals surface area contributed by atoms with E-state index in [1.165, 1.54) is 0 Å². The molecule has 0 saturated heterocycles. The van der Waals surface area contributed by atoms with Crippen LogP contribution in [-0.4, -0.2) is 4.98 Å². The zero-order chi connectivity index (χ0) is 17.1.